The second-order valence-corrected chi connectivity index (χ2v) is 5.08. The molecule has 0 aromatic carbocycles. The average molecular weight is 258 g/mol. The molecule has 0 aliphatic heterocycles. The lowest BCUT2D eigenvalue weighted by molar-refractivity contribution is 0.204. The number of nitrogens with zero attached hydrogens (tertiary/aromatic N) is 3. The first-order chi connectivity index (χ1) is 7.72. The number of aryl methyl sites for hydroxylation is 1. The summed E-state index contributed by atoms with van der Waals surface area (Å²) in [4.78, 5) is 8.21. The molecule has 2 rings (SSSR count). The minimum atomic E-state index is -0.793. The van der Waals surface area contributed by atoms with E-state index in [0.29, 0.717) is 15.2 Å². The summed E-state index contributed by atoms with van der Waals surface area (Å²) in [5.41, 5.74) is 0. The summed E-state index contributed by atoms with van der Waals surface area (Å²) in [6, 6.07) is 0. The molecular weight excluding hydrogens is 246 g/mol. The van der Waals surface area contributed by atoms with Crippen molar-refractivity contribution in [2.24, 2.45) is 0 Å². The molecule has 4 nitrogen and oxygen atoms in total. The van der Waals surface area contributed by atoms with Gasteiger partial charge < -0.3 is 9.67 Å². The van der Waals surface area contributed by atoms with Crippen LogP contribution in [0.5, 0.6) is 0 Å². The van der Waals surface area contributed by atoms with Gasteiger partial charge in [-0.2, -0.15) is 0 Å². The van der Waals surface area contributed by atoms with E-state index in [-0.39, 0.29) is 0 Å². The first-order valence-corrected chi connectivity index (χ1v) is 6.22. The van der Waals surface area contributed by atoms with Crippen LogP contribution in [-0.2, 0) is 6.54 Å². The minimum absolute atomic E-state index is 0.572. The van der Waals surface area contributed by atoms with Crippen molar-refractivity contribution in [3.8, 4) is 0 Å². The van der Waals surface area contributed by atoms with Gasteiger partial charge in [0.2, 0.25) is 0 Å². The zero-order valence-corrected chi connectivity index (χ0v) is 10.4. The van der Waals surface area contributed by atoms with E-state index in [4.69, 9.17) is 11.6 Å². The zero-order valence-electron chi connectivity index (χ0n) is 8.80. The van der Waals surface area contributed by atoms with E-state index in [1.54, 1.807) is 6.20 Å². The first-order valence-electron chi connectivity index (χ1n) is 5.02. The highest BCUT2D eigenvalue weighted by Crippen LogP contribution is 2.27. The standard InChI is InChI=1S/C10H12ClN3OS/c1-2-4-14-5-3-12-9(14)8(15)10-13-6-7(11)16-10/h3,5-6,8,15H,2,4H2,1H3. The fourth-order valence-corrected chi connectivity index (χ4v) is 2.42. The lowest BCUT2D eigenvalue weighted by Gasteiger charge is -2.10. The molecule has 0 amide bonds. The van der Waals surface area contributed by atoms with E-state index < -0.39 is 6.10 Å². The molecule has 16 heavy (non-hydrogen) atoms. The number of aliphatic hydroxyl groups is 1. The van der Waals surface area contributed by atoms with Gasteiger partial charge in [-0.25, -0.2) is 9.97 Å². The van der Waals surface area contributed by atoms with E-state index >= 15 is 0 Å². The van der Waals surface area contributed by atoms with Crippen LogP contribution < -0.4 is 0 Å². The van der Waals surface area contributed by atoms with Crippen LogP contribution in [0.3, 0.4) is 0 Å². The Kier molecular flexibility index (Phi) is 3.58. The van der Waals surface area contributed by atoms with Crippen LogP contribution in [0, 0.1) is 0 Å². The van der Waals surface area contributed by atoms with Gasteiger partial charge in [-0.3, -0.25) is 0 Å². The van der Waals surface area contributed by atoms with Crippen molar-refractivity contribution < 1.29 is 5.11 Å². The van der Waals surface area contributed by atoms with E-state index in [1.807, 2.05) is 10.8 Å². The normalized spacial score (nSPS) is 12.9. The molecule has 0 radical (unpaired) electrons. The molecule has 0 aliphatic rings. The average Bonchev–Trinajstić information content (AvgIpc) is 2.87. The second kappa shape index (κ2) is 4.95. The Labute approximate surface area is 103 Å². The zero-order chi connectivity index (χ0) is 11.5. The summed E-state index contributed by atoms with van der Waals surface area (Å²) in [5.74, 6) is 0.618. The number of aromatic nitrogens is 3. The summed E-state index contributed by atoms with van der Waals surface area (Å²) in [5, 5.41) is 10.7. The van der Waals surface area contributed by atoms with Crippen LogP contribution in [0.15, 0.2) is 18.6 Å². The maximum absolute atomic E-state index is 10.1. The molecule has 1 unspecified atom stereocenters. The predicted octanol–water partition coefficient (Wildman–Crippen LogP) is 2.48. The molecule has 0 fully saturated rings. The number of imidazole rings is 1. The molecule has 2 heterocycles. The van der Waals surface area contributed by atoms with Gasteiger partial charge in [0, 0.05) is 18.9 Å². The predicted molar refractivity (Wildman–Crippen MR) is 63.7 cm³/mol. The van der Waals surface area contributed by atoms with Crippen molar-refractivity contribution >= 4 is 22.9 Å². The Bertz CT molecular complexity index is 468. The third kappa shape index (κ3) is 2.26. The summed E-state index contributed by atoms with van der Waals surface area (Å²) in [6.07, 6.45) is 5.28. The van der Waals surface area contributed by atoms with Crippen LogP contribution in [0.2, 0.25) is 4.34 Å². The van der Waals surface area contributed by atoms with E-state index in [9.17, 15) is 5.11 Å². The molecule has 0 bridgehead atoms. The Morgan fingerprint density at radius 1 is 1.56 bits per heavy atom. The van der Waals surface area contributed by atoms with Crippen molar-refractivity contribution in [3.05, 3.63) is 33.8 Å². The lowest BCUT2D eigenvalue weighted by atomic mass is 10.3. The maximum atomic E-state index is 10.1. The molecule has 2 aromatic heterocycles. The van der Waals surface area contributed by atoms with E-state index in [1.165, 1.54) is 17.5 Å². The number of hydrogen-bond acceptors (Lipinski definition) is 4. The summed E-state index contributed by atoms with van der Waals surface area (Å²) in [7, 11) is 0. The van der Waals surface area contributed by atoms with Crippen molar-refractivity contribution in [2.75, 3.05) is 0 Å². The largest absolute Gasteiger partial charge is 0.378 e. The monoisotopic (exact) mass is 257 g/mol. The SMILES string of the molecule is CCCn1ccnc1C(O)c1ncc(Cl)s1. The highest BCUT2D eigenvalue weighted by molar-refractivity contribution is 7.15. The minimum Gasteiger partial charge on any atom is -0.378 e. The van der Waals surface area contributed by atoms with Gasteiger partial charge >= 0.3 is 0 Å². The van der Waals surface area contributed by atoms with Crippen molar-refractivity contribution in [1.29, 1.82) is 0 Å². The number of rotatable bonds is 4. The maximum Gasteiger partial charge on any atom is 0.163 e. The molecule has 0 aliphatic carbocycles. The van der Waals surface area contributed by atoms with Gasteiger partial charge in [0.1, 0.15) is 15.2 Å². The number of thiazole rings is 1. The molecule has 0 spiro atoms. The molecule has 0 saturated carbocycles. The van der Waals surface area contributed by atoms with E-state index in [2.05, 4.69) is 16.9 Å². The molecule has 6 heteroatoms. The van der Waals surface area contributed by atoms with Crippen LogP contribution >= 0.6 is 22.9 Å². The molecule has 86 valence electrons. The van der Waals surface area contributed by atoms with Crippen molar-refractivity contribution in [3.63, 3.8) is 0 Å². The highest BCUT2D eigenvalue weighted by Gasteiger charge is 2.19. The third-order valence-corrected chi connectivity index (χ3v) is 3.35. The Hall–Kier alpha value is -0.910. The Morgan fingerprint density at radius 2 is 2.38 bits per heavy atom. The summed E-state index contributed by atoms with van der Waals surface area (Å²) in [6.45, 7) is 2.92. The van der Waals surface area contributed by atoms with Gasteiger partial charge in [-0.15, -0.1) is 11.3 Å². The molecule has 1 N–H and O–H groups in total. The highest BCUT2D eigenvalue weighted by atomic mass is 35.5. The van der Waals surface area contributed by atoms with Gasteiger partial charge in [-0.05, 0) is 6.42 Å². The molecule has 2 aromatic rings. The fraction of sp³-hybridized carbons (Fsp3) is 0.400. The van der Waals surface area contributed by atoms with Gasteiger partial charge in [-0.1, -0.05) is 18.5 Å². The smallest absolute Gasteiger partial charge is 0.163 e. The van der Waals surface area contributed by atoms with Crippen LogP contribution in [-0.4, -0.2) is 19.6 Å². The van der Waals surface area contributed by atoms with Crippen LogP contribution in [0.25, 0.3) is 0 Å². The van der Waals surface area contributed by atoms with Crippen molar-refractivity contribution in [1.82, 2.24) is 14.5 Å². The molecule has 0 saturated heterocycles. The number of hydrogen-bond donors (Lipinski definition) is 1. The first kappa shape index (κ1) is 11.6. The Morgan fingerprint density at radius 3 is 3.00 bits per heavy atom. The lowest BCUT2D eigenvalue weighted by Crippen LogP contribution is -2.09. The summed E-state index contributed by atoms with van der Waals surface area (Å²) < 4.78 is 2.50. The second-order valence-electron chi connectivity index (χ2n) is 3.38. The summed E-state index contributed by atoms with van der Waals surface area (Å²) >= 11 is 7.06. The van der Waals surface area contributed by atoms with Crippen molar-refractivity contribution in [2.45, 2.75) is 26.0 Å². The molecular formula is C10H12ClN3OS. The topological polar surface area (TPSA) is 50.9 Å². The van der Waals surface area contributed by atoms with Gasteiger partial charge in [0.25, 0.3) is 0 Å². The fourth-order valence-electron chi connectivity index (χ4n) is 1.50. The van der Waals surface area contributed by atoms with Gasteiger partial charge in [0.05, 0.1) is 6.20 Å². The third-order valence-electron chi connectivity index (χ3n) is 2.19. The Balaban J connectivity index is 2.26. The van der Waals surface area contributed by atoms with Crippen LogP contribution in [0.4, 0.5) is 0 Å². The molecule has 1 atom stereocenters. The van der Waals surface area contributed by atoms with Crippen LogP contribution in [0.1, 0.15) is 30.3 Å². The van der Waals surface area contributed by atoms with E-state index in [0.717, 1.165) is 13.0 Å². The number of halogens is 1. The quantitative estimate of drug-likeness (QED) is 0.916. The van der Waals surface area contributed by atoms with Gasteiger partial charge in [0.15, 0.2) is 6.10 Å². The number of aliphatic hydroxyl groups excluding tert-OH is 1.